The monoisotopic (exact) mass is 355 g/mol. The molecule has 1 unspecified atom stereocenters. The van der Waals surface area contributed by atoms with E-state index in [4.69, 9.17) is 4.74 Å². The summed E-state index contributed by atoms with van der Waals surface area (Å²) in [7, 11) is 0. The number of benzene rings is 1. The van der Waals surface area contributed by atoms with E-state index in [-0.39, 0.29) is 6.04 Å². The highest BCUT2D eigenvalue weighted by atomic mass is 79.9. The predicted octanol–water partition coefficient (Wildman–Crippen LogP) is 3.81. The minimum Gasteiger partial charge on any atom is -0.389 e. The first-order valence-corrected chi connectivity index (χ1v) is 8.73. The Balaban J connectivity index is 1.65. The molecule has 0 radical (unpaired) electrons. The Hall–Kier alpha value is -0.420. The van der Waals surface area contributed by atoms with Crippen LogP contribution in [0.15, 0.2) is 28.7 Å². The molecule has 0 bridgehead atoms. The second-order valence-corrected chi connectivity index (χ2v) is 6.84. The van der Waals surface area contributed by atoms with Crippen LogP contribution in [0.25, 0.3) is 0 Å². The molecule has 21 heavy (non-hydrogen) atoms. The highest BCUT2D eigenvalue weighted by Crippen LogP contribution is 2.20. The SMILES string of the molecule is C[C@@H](NCC(O)COC1CCCCC1)c1ccc(Br)cc1. The summed E-state index contributed by atoms with van der Waals surface area (Å²) in [6.07, 6.45) is 6.07. The normalized spacial score (nSPS) is 19.4. The van der Waals surface area contributed by atoms with E-state index in [1.165, 1.54) is 24.8 Å². The van der Waals surface area contributed by atoms with Gasteiger partial charge in [-0.15, -0.1) is 0 Å². The lowest BCUT2D eigenvalue weighted by Crippen LogP contribution is -2.33. The summed E-state index contributed by atoms with van der Waals surface area (Å²) >= 11 is 3.44. The molecule has 0 saturated heterocycles. The summed E-state index contributed by atoms with van der Waals surface area (Å²) in [5.74, 6) is 0. The maximum Gasteiger partial charge on any atom is 0.0898 e. The molecule has 2 rings (SSSR count). The topological polar surface area (TPSA) is 41.5 Å². The van der Waals surface area contributed by atoms with Crippen molar-refractivity contribution >= 4 is 15.9 Å². The van der Waals surface area contributed by atoms with E-state index in [0.29, 0.717) is 19.3 Å². The van der Waals surface area contributed by atoms with Crippen LogP contribution in [0.1, 0.15) is 50.6 Å². The average Bonchev–Trinajstić information content (AvgIpc) is 2.52. The lowest BCUT2D eigenvalue weighted by Gasteiger charge is -2.24. The lowest BCUT2D eigenvalue weighted by molar-refractivity contribution is -0.0235. The maximum atomic E-state index is 10.0. The van der Waals surface area contributed by atoms with Crippen LogP contribution in [0.2, 0.25) is 0 Å². The third-order valence-corrected chi connectivity index (χ3v) is 4.63. The van der Waals surface area contributed by atoms with Gasteiger partial charge in [-0.2, -0.15) is 0 Å². The molecule has 0 heterocycles. The molecule has 0 amide bonds. The Morgan fingerprint density at radius 1 is 1.24 bits per heavy atom. The predicted molar refractivity (Wildman–Crippen MR) is 89.4 cm³/mol. The smallest absolute Gasteiger partial charge is 0.0898 e. The van der Waals surface area contributed by atoms with Crippen molar-refractivity contribution in [2.45, 2.75) is 57.3 Å². The molecule has 1 fully saturated rings. The largest absolute Gasteiger partial charge is 0.389 e. The van der Waals surface area contributed by atoms with Gasteiger partial charge in [0.25, 0.3) is 0 Å². The highest BCUT2D eigenvalue weighted by molar-refractivity contribution is 9.10. The van der Waals surface area contributed by atoms with Crippen LogP contribution in [0.4, 0.5) is 0 Å². The van der Waals surface area contributed by atoms with Crippen molar-refractivity contribution in [3.05, 3.63) is 34.3 Å². The summed E-state index contributed by atoms with van der Waals surface area (Å²) in [6, 6.07) is 8.48. The Kier molecular flexibility index (Phi) is 7.17. The first-order valence-electron chi connectivity index (χ1n) is 7.93. The van der Waals surface area contributed by atoms with Crippen molar-refractivity contribution in [3.63, 3.8) is 0 Å². The second kappa shape index (κ2) is 8.89. The Bertz CT molecular complexity index is 404. The van der Waals surface area contributed by atoms with Gasteiger partial charge in [0.05, 0.1) is 18.8 Å². The van der Waals surface area contributed by atoms with E-state index in [2.05, 4.69) is 40.3 Å². The van der Waals surface area contributed by atoms with Gasteiger partial charge in [-0.25, -0.2) is 0 Å². The number of ether oxygens (including phenoxy) is 1. The minimum atomic E-state index is -0.440. The molecular formula is C17H26BrNO2. The van der Waals surface area contributed by atoms with Crippen molar-refractivity contribution in [2.75, 3.05) is 13.2 Å². The van der Waals surface area contributed by atoms with Gasteiger partial charge in [0.2, 0.25) is 0 Å². The zero-order valence-electron chi connectivity index (χ0n) is 12.7. The number of rotatable bonds is 7. The molecule has 1 aromatic carbocycles. The molecule has 118 valence electrons. The number of nitrogens with one attached hydrogen (secondary N) is 1. The Labute approximate surface area is 136 Å². The third kappa shape index (κ3) is 6.07. The molecule has 1 aromatic rings. The standard InChI is InChI=1S/C17H26BrNO2/c1-13(14-7-9-15(18)10-8-14)19-11-16(20)12-21-17-5-3-2-4-6-17/h7-10,13,16-17,19-20H,2-6,11-12H2,1H3/t13-,16?/m1/s1. The van der Waals surface area contributed by atoms with Crippen molar-refractivity contribution in [1.29, 1.82) is 0 Å². The van der Waals surface area contributed by atoms with Gasteiger partial charge in [-0.05, 0) is 37.5 Å². The van der Waals surface area contributed by atoms with E-state index < -0.39 is 6.10 Å². The van der Waals surface area contributed by atoms with Crippen LogP contribution < -0.4 is 5.32 Å². The lowest BCUT2D eigenvalue weighted by atomic mass is 9.98. The molecule has 2 atom stereocenters. The van der Waals surface area contributed by atoms with E-state index in [9.17, 15) is 5.11 Å². The summed E-state index contributed by atoms with van der Waals surface area (Å²) in [5.41, 5.74) is 1.22. The summed E-state index contributed by atoms with van der Waals surface area (Å²) in [5, 5.41) is 13.4. The number of aliphatic hydroxyl groups excluding tert-OH is 1. The zero-order valence-corrected chi connectivity index (χ0v) is 14.3. The third-order valence-electron chi connectivity index (χ3n) is 4.11. The Morgan fingerprint density at radius 3 is 2.57 bits per heavy atom. The van der Waals surface area contributed by atoms with Crippen LogP contribution in [-0.2, 0) is 4.74 Å². The molecule has 1 aliphatic carbocycles. The first-order chi connectivity index (χ1) is 10.1. The number of aliphatic hydroxyl groups is 1. The molecule has 3 nitrogen and oxygen atoms in total. The molecule has 1 aliphatic rings. The number of hydrogen-bond acceptors (Lipinski definition) is 3. The summed E-state index contributed by atoms with van der Waals surface area (Å²) in [6.45, 7) is 3.10. The van der Waals surface area contributed by atoms with Crippen molar-refractivity contribution in [3.8, 4) is 0 Å². The van der Waals surface area contributed by atoms with E-state index in [1.54, 1.807) is 0 Å². The summed E-state index contributed by atoms with van der Waals surface area (Å²) < 4.78 is 6.89. The van der Waals surface area contributed by atoms with Crippen molar-refractivity contribution in [1.82, 2.24) is 5.32 Å². The van der Waals surface area contributed by atoms with Gasteiger partial charge in [-0.1, -0.05) is 47.3 Å². The molecule has 1 saturated carbocycles. The Morgan fingerprint density at radius 2 is 1.90 bits per heavy atom. The van der Waals surface area contributed by atoms with Gasteiger partial charge in [0.15, 0.2) is 0 Å². The molecule has 0 aliphatic heterocycles. The molecule has 2 N–H and O–H groups in total. The molecule has 0 spiro atoms. The van der Waals surface area contributed by atoms with Gasteiger partial charge < -0.3 is 15.2 Å². The van der Waals surface area contributed by atoms with E-state index >= 15 is 0 Å². The van der Waals surface area contributed by atoms with Crippen LogP contribution in [0.5, 0.6) is 0 Å². The number of halogens is 1. The van der Waals surface area contributed by atoms with Gasteiger partial charge in [0.1, 0.15) is 0 Å². The fraction of sp³-hybridized carbons (Fsp3) is 0.647. The minimum absolute atomic E-state index is 0.224. The highest BCUT2D eigenvalue weighted by Gasteiger charge is 2.16. The zero-order chi connectivity index (χ0) is 15.1. The quantitative estimate of drug-likeness (QED) is 0.781. The average molecular weight is 356 g/mol. The van der Waals surface area contributed by atoms with E-state index in [0.717, 1.165) is 17.3 Å². The summed E-state index contributed by atoms with van der Waals surface area (Å²) in [4.78, 5) is 0. The van der Waals surface area contributed by atoms with Crippen LogP contribution in [-0.4, -0.2) is 30.5 Å². The van der Waals surface area contributed by atoms with Gasteiger partial charge >= 0.3 is 0 Å². The van der Waals surface area contributed by atoms with Gasteiger partial charge in [-0.3, -0.25) is 0 Å². The van der Waals surface area contributed by atoms with Crippen LogP contribution >= 0.6 is 15.9 Å². The maximum absolute atomic E-state index is 10.0. The fourth-order valence-electron chi connectivity index (χ4n) is 2.72. The number of hydrogen-bond donors (Lipinski definition) is 2. The second-order valence-electron chi connectivity index (χ2n) is 5.93. The van der Waals surface area contributed by atoms with E-state index in [1.807, 2.05) is 12.1 Å². The van der Waals surface area contributed by atoms with Crippen LogP contribution in [0.3, 0.4) is 0 Å². The van der Waals surface area contributed by atoms with Crippen molar-refractivity contribution < 1.29 is 9.84 Å². The first kappa shape index (κ1) is 16.9. The van der Waals surface area contributed by atoms with Crippen LogP contribution in [0, 0.1) is 0 Å². The van der Waals surface area contributed by atoms with Crippen molar-refractivity contribution in [2.24, 2.45) is 0 Å². The fourth-order valence-corrected chi connectivity index (χ4v) is 2.98. The molecular weight excluding hydrogens is 330 g/mol. The molecule has 4 heteroatoms. The van der Waals surface area contributed by atoms with Gasteiger partial charge in [0, 0.05) is 17.1 Å². The molecule has 0 aromatic heterocycles.